The maximum Gasteiger partial charge on any atom is 0.132 e. The normalized spacial score (nSPS) is 16.9. The van der Waals surface area contributed by atoms with Crippen LogP contribution in [0.4, 0.5) is 5.69 Å². The number of hydrazone groups is 1. The zero-order chi connectivity index (χ0) is 9.38. The molecule has 0 spiro atoms. The van der Waals surface area contributed by atoms with Gasteiger partial charge in [-0.2, -0.15) is 5.10 Å². The Labute approximate surface area is 82.0 Å². The third-order valence-electron chi connectivity index (χ3n) is 2.34. The van der Waals surface area contributed by atoms with Crippen molar-refractivity contribution in [1.82, 2.24) is 5.43 Å². The number of para-hydroxylation sites is 1. The Morgan fingerprint density at radius 2 is 2.14 bits per heavy atom. The highest BCUT2D eigenvalue weighted by molar-refractivity contribution is 5.90. The molecule has 2 aliphatic heterocycles. The Morgan fingerprint density at radius 3 is 3.14 bits per heavy atom. The maximum atomic E-state index is 4.02. The molecule has 2 heterocycles. The van der Waals surface area contributed by atoms with Crippen LogP contribution in [0.15, 0.2) is 47.3 Å². The highest BCUT2D eigenvalue weighted by Gasteiger charge is 2.17. The number of fused-ring (bicyclic) bond motifs is 3. The van der Waals surface area contributed by atoms with Crippen LogP contribution >= 0.6 is 0 Å². The molecule has 0 aliphatic carbocycles. The van der Waals surface area contributed by atoms with Crippen LogP contribution in [0.5, 0.6) is 0 Å². The van der Waals surface area contributed by atoms with Gasteiger partial charge in [-0.3, -0.25) is 10.3 Å². The molecule has 0 unspecified atom stereocenters. The SMILES string of the molecule is C1=Cc2ccccc2N2C=NNC2=C1. The number of hydrogen-bond acceptors (Lipinski definition) is 3. The highest BCUT2D eigenvalue weighted by Crippen LogP contribution is 2.27. The summed E-state index contributed by atoms with van der Waals surface area (Å²) in [7, 11) is 0. The molecule has 3 rings (SSSR count). The summed E-state index contributed by atoms with van der Waals surface area (Å²) in [5.74, 6) is 0.992. The van der Waals surface area contributed by atoms with E-state index in [1.165, 1.54) is 5.56 Å². The van der Waals surface area contributed by atoms with Crippen LogP contribution in [0.2, 0.25) is 0 Å². The van der Waals surface area contributed by atoms with Crippen LogP contribution in [0, 0.1) is 0 Å². The van der Waals surface area contributed by atoms with E-state index in [-0.39, 0.29) is 0 Å². The molecule has 0 saturated carbocycles. The molecule has 0 saturated heterocycles. The van der Waals surface area contributed by atoms with Gasteiger partial charge in [0.05, 0.1) is 5.69 Å². The number of allylic oxidation sites excluding steroid dienone is 2. The van der Waals surface area contributed by atoms with Gasteiger partial charge in [0, 0.05) is 0 Å². The van der Waals surface area contributed by atoms with E-state index in [9.17, 15) is 0 Å². The summed E-state index contributed by atoms with van der Waals surface area (Å²) in [6.45, 7) is 0. The lowest BCUT2D eigenvalue weighted by Crippen LogP contribution is -2.20. The number of anilines is 1. The van der Waals surface area contributed by atoms with Gasteiger partial charge in [0.15, 0.2) is 0 Å². The van der Waals surface area contributed by atoms with Crippen LogP contribution < -0.4 is 10.3 Å². The monoisotopic (exact) mass is 183 g/mol. The summed E-state index contributed by atoms with van der Waals surface area (Å²) >= 11 is 0. The standard InChI is InChI=1S/C11H9N3/c1-2-6-10-9(4-1)5-3-7-11-13-12-8-14(10)11/h1-8,13H. The molecular weight excluding hydrogens is 174 g/mol. The van der Waals surface area contributed by atoms with Gasteiger partial charge in [-0.1, -0.05) is 30.4 Å². The molecule has 14 heavy (non-hydrogen) atoms. The fourth-order valence-electron chi connectivity index (χ4n) is 1.67. The first-order chi connectivity index (χ1) is 6.95. The molecule has 68 valence electrons. The third-order valence-corrected chi connectivity index (χ3v) is 2.34. The topological polar surface area (TPSA) is 27.6 Å². The number of hydrogen-bond donors (Lipinski definition) is 1. The van der Waals surface area contributed by atoms with Crippen molar-refractivity contribution < 1.29 is 0 Å². The van der Waals surface area contributed by atoms with E-state index < -0.39 is 0 Å². The molecule has 0 aromatic heterocycles. The first-order valence-electron chi connectivity index (χ1n) is 4.51. The van der Waals surface area contributed by atoms with Gasteiger partial charge in [0.25, 0.3) is 0 Å². The zero-order valence-electron chi connectivity index (χ0n) is 7.51. The van der Waals surface area contributed by atoms with Gasteiger partial charge in [0.1, 0.15) is 12.2 Å². The predicted octanol–water partition coefficient (Wildman–Crippen LogP) is 1.91. The van der Waals surface area contributed by atoms with E-state index in [0.29, 0.717) is 0 Å². The molecule has 0 fully saturated rings. The number of benzene rings is 1. The average molecular weight is 183 g/mol. The van der Waals surface area contributed by atoms with Gasteiger partial charge in [-0.15, -0.1) is 0 Å². The van der Waals surface area contributed by atoms with Crippen LogP contribution in [-0.4, -0.2) is 6.34 Å². The fourth-order valence-corrected chi connectivity index (χ4v) is 1.67. The lowest BCUT2D eigenvalue weighted by atomic mass is 10.1. The van der Waals surface area contributed by atoms with Crippen LogP contribution in [-0.2, 0) is 0 Å². The number of nitrogens with zero attached hydrogens (tertiary/aromatic N) is 2. The Hall–Kier alpha value is -2.03. The summed E-state index contributed by atoms with van der Waals surface area (Å²) in [6, 6.07) is 8.24. The zero-order valence-corrected chi connectivity index (χ0v) is 7.51. The summed E-state index contributed by atoms with van der Waals surface area (Å²) in [6.07, 6.45) is 7.91. The minimum absolute atomic E-state index is 0.992. The van der Waals surface area contributed by atoms with Gasteiger partial charge in [0.2, 0.25) is 0 Å². The second-order valence-corrected chi connectivity index (χ2v) is 3.20. The molecular formula is C11H9N3. The van der Waals surface area contributed by atoms with Crippen molar-refractivity contribution in [3.8, 4) is 0 Å². The third kappa shape index (κ3) is 0.956. The molecule has 0 bridgehead atoms. The second kappa shape index (κ2) is 2.73. The number of nitrogens with one attached hydrogen (secondary N) is 1. The molecule has 0 amide bonds. The predicted molar refractivity (Wildman–Crippen MR) is 57.7 cm³/mol. The Bertz CT molecular complexity index is 457. The number of rotatable bonds is 0. The van der Waals surface area contributed by atoms with E-state index in [1.54, 1.807) is 6.34 Å². The van der Waals surface area contributed by atoms with Crippen molar-refractivity contribution in [2.45, 2.75) is 0 Å². The van der Waals surface area contributed by atoms with Crippen molar-refractivity contribution in [1.29, 1.82) is 0 Å². The molecule has 0 atom stereocenters. The molecule has 2 aliphatic rings. The lowest BCUT2D eigenvalue weighted by molar-refractivity contribution is 0.921. The van der Waals surface area contributed by atoms with Crippen molar-refractivity contribution in [3.63, 3.8) is 0 Å². The molecule has 3 heteroatoms. The van der Waals surface area contributed by atoms with Gasteiger partial charge in [-0.05, 0) is 17.7 Å². The van der Waals surface area contributed by atoms with Gasteiger partial charge in [-0.25, -0.2) is 0 Å². The van der Waals surface area contributed by atoms with Gasteiger partial charge < -0.3 is 0 Å². The lowest BCUT2D eigenvalue weighted by Gasteiger charge is -2.16. The van der Waals surface area contributed by atoms with E-state index in [1.807, 2.05) is 29.2 Å². The second-order valence-electron chi connectivity index (χ2n) is 3.20. The van der Waals surface area contributed by atoms with E-state index in [4.69, 9.17) is 0 Å². The average Bonchev–Trinajstić information content (AvgIpc) is 2.61. The highest BCUT2D eigenvalue weighted by atomic mass is 15.5. The Kier molecular flexibility index (Phi) is 1.44. The van der Waals surface area contributed by atoms with Crippen molar-refractivity contribution in [2.24, 2.45) is 5.10 Å². The summed E-state index contributed by atoms with van der Waals surface area (Å²) < 4.78 is 0. The first-order valence-corrected chi connectivity index (χ1v) is 4.51. The minimum atomic E-state index is 0.992. The summed E-state index contributed by atoms with van der Waals surface area (Å²) in [5.41, 5.74) is 5.30. The van der Waals surface area contributed by atoms with Crippen molar-refractivity contribution in [2.75, 3.05) is 4.90 Å². The summed E-state index contributed by atoms with van der Waals surface area (Å²) in [4.78, 5) is 2.04. The van der Waals surface area contributed by atoms with E-state index in [0.717, 1.165) is 11.5 Å². The fraction of sp³-hybridized carbons (Fsp3) is 0. The smallest absolute Gasteiger partial charge is 0.132 e. The molecule has 1 aromatic carbocycles. The Morgan fingerprint density at radius 1 is 1.21 bits per heavy atom. The van der Waals surface area contributed by atoms with Crippen LogP contribution in [0.1, 0.15) is 5.56 Å². The van der Waals surface area contributed by atoms with Crippen LogP contribution in [0.3, 0.4) is 0 Å². The van der Waals surface area contributed by atoms with E-state index >= 15 is 0 Å². The molecule has 3 nitrogen and oxygen atoms in total. The molecule has 1 N–H and O–H groups in total. The Balaban J connectivity index is 2.21. The first kappa shape index (κ1) is 7.38. The van der Waals surface area contributed by atoms with Crippen molar-refractivity contribution >= 4 is 18.1 Å². The van der Waals surface area contributed by atoms with E-state index in [2.05, 4.69) is 28.7 Å². The molecule has 0 radical (unpaired) electrons. The maximum absolute atomic E-state index is 4.02. The van der Waals surface area contributed by atoms with Crippen LogP contribution in [0.25, 0.3) is 6.08 Å². The quantitative estimate of drug-likeness (QED) is 0.665. The summed E-state index contributed by atoms with van der Waals surface area (Å²) in [5, 5.41) is 4.02. The van der Waals surface area contributed by atoms with Crippen molar-refractivity contribution in [3.05, 3.63) is 47.8 Å². The minimum Gasteiger partial charge on any atom is -0.284 e. The molecule has 1 aromatic rings. The van der Waals surface area contributed by atoms with Gasteiger partial charge >= 0.3 is 0 Å². The largest absolute Gasteiger partial charge is 0.284 e.